The Labute approximate surface area is 235 Å². The number of aromatic nitrogens is 1. The summed E-state index contributed by atoms with van der Waals surface area (Å²) in [6.07, 6.45) is 13.2. The molecule has 1 fully saturated rings. The zero-order chi connectivity index (χ0) is 28.2. The van der Waals surface area contributed by atoms with Crippen molar-refractivity contribution in [1.82, 2.24) is 4.98 Å². The topological polar surface area (TPSA) is 16.1 Å². The van der Waals surface area contributed by atoms with Crippen molar-refractivity contribution in [3.05, 3.63) is 84.2 Å². The summed E-state index contributed by atoms with van der Waals surface area (Å²) in [5, 5.41) is 0. The number of hydrogen-bond donors (Lipinski definition) is 1. The average molecular weight is 543 g/mol. The number of nitrogens with zero attached hydrogens (tertiary/aromatic N) is 2. The van der Waals surface area contributed by atoms with E-state index in [4.69, 9.17) is 0 Å². The van der Waals surface area contributed by atoms with Gasteiger partial charge in [-0.1, -0.05) is 111 Å². The molecule has 0 bridgehead atoms. The van der Waals surface area contributed by atoms with Crippen molar-refractivity contribution in [3.63, 3.8) is 0 Å². The van der Waals surface area contributed by atoms with Gasteiger partial charge in [0.05, 0.1) is 0 Å². The predicted octanol–water partition coefficient (Wildman–Crippen LogP) is 9.72. The van der Waals surface area contributed by atoms with Gasteiger partial charge in [0.1, 0.15) is 0 Å². The molecule has 0 radical (unpaired) electrons. The number of pyridine rings is 1. The van der Waals surface area contributed by atoms with Crippen molar-refractivity contribution in [2.45, 2.75) is 86.5 Å². The maximum atomic E-state index is 13.6. The molecule has 1 heterocycles. The second-order valence-corrected chi connectivity index (χ2v) is 8.56. The van der Waals surface area contributed by atoms with Crippen LogP contribution in [-0.2, 0) is 6.54 Å². The maximum absolute atomic E-state index is 13.6. The van der Waals surface area contributed by atoms with E-state index in [0.717, 1.165) is 28.8 Å². The lowest BCUT2D eigenvalue weighted by Gasteiger charge is -2.34. The van der Waals surface area contributed by atoms with E-state index in [2.05, 4.69) is 87.1 Å². The number of benzene rings is 1. The highest BCUT2D eigenvalue weighted by atomic mass is 32.7. The molecule has 37 heavy (non-hydrogen) atoms. The van der Waals surface area contributed by atoms with E-state index < -0.39 is 6.99 Å². The first kappa shape index (κ1) is 35.2. The van der Waals surface area contributed by atoms with Gasteiger partial charge in [-0.2, -0.15) is 12.2 Å². The van der Waals surface area contributed by atoms with E-state index in [-0.39, 0.29) is 0 Å². The van der Waals surface area contributed by atoms with Crippen molar-refractivity contribution in [2.24, 2.45) is 5.92 Å². The van der Waals surface area contributed by atoms with Gasteiger partial charge in [0.2, 0.25) is 0 Å². The number of halogens is 1. The minimum atomic E-state index is -1.05. The van der Waals surface area contributed by atoms with Crippen molar-refractivity contribution in [1.29, 1.82) is 0 Å². The van der Waals surface area contributed by atoms with Crippen LogP contribution in [0, 0.1) is 5.92 Å². The maximum Gasteiger partial charge on any atom is 0.396 e. The summed E-state index contributed by atoms with van der Waals surface area (Å²) in [5.74, 6) is 0.505. The lowest BCUT2D eigenvalue weighted by Crippen LogP contribution is -2.29. The molecule has 2 nitrogen and oxygen atoms in total. The van der Waals surface area contributed by atoms with Crippen molar-refractivity contribution in [3.8, 4) is 0 Å². The lowest BCUT2D eigenvalue weighted by atomic mass is 9.71. The Balaban J connectivity index is 0.00000201. The molecule has 0 spiro atoms. The highest BCUT2D eigenvalue weighted by Gasteiger charge is 2.22. The summed E-state index contributed by atoms with van der Waals surface area (Å²) >= 11 is 3.44. The van der Waals surface area contributed by atoms with Crippen LogP contribution in [-0.4, -0.2) is 12.0 Å². The molecule has 0 aliphatic heterocycles. The summed E-state index contributed by atoms with van der Waals surface area (Å²) < 4.78 is 13.6. The van der Waals surface area contributed by atoms with Crippen LogP contribution in [0.2, 0.25) is 6.82 Å². The van der Waals surface area contributed by atoms with Crippen LogP contribution >= 0.6 is 20.7 Å². The van der Waals surface area contributed by atoms with Gasteiger partial charge in [-0.25, -0.2) is 0 Å². The number of allylic oxidation sites excluding steroid dienone is 3. The molecular formula is C31H49BFN2PS. The highest BCUT2D eigenvalue weighted by Crippen LogP contribution is 2.34. The Morgan fingerprint density at radius 3 is 2.30 bits per heavy atom. The number of anilines is 1. The standard InChI is InChI=1S/C27H34BFN2.2C2H6.H3PS/c1-5-21(2)14-15-23-10-9-13-26(18-23)31(22(3)25-11-7-6-8-12-25)20-24-16-17-27(28(4)29)30-19-24;3*1-2/h9-10,13-19,25H,2-3,5-8,11-12,20H2,1,4H3;2*1-2H3;2H,1H2/b15-14+;;;. The first-order valence-corrected chi connectivity index (χ1v) is 15.8. The molecule has 2 aromatic rings. The quantitative estimate of drug-likeness (QED) is 0.147. The van der Waals surface area contributed by atoms with E-state index in [1.165, 1.54) is 44.6 Å². The van der Waals surface area contributed by atoms with E-state index in [1.54, 1.807) is 12.3 Å². The fourth-order valence-electron chi connectivity index (χ4n) is 4.09. The monoisotopic (exact) mass is 542 g/mol. The molecule has 1 aliphatic carbocycles. The molecule has 6 heteroatoms. The molecule has 1 aliphatic rings. The average Bonchev–Trinajstić information content (AvgIpc) is 2.98. The van der Waals surface area contributed by atoms with Gasteiger partial charge in [0.25, 0.3) is 0 Å². The molecular weight excluding hydrogens is 493 g/mol. The molecule has 3 rings (SSSR count). The molecule has 204 valence electrons. The third-order valence-corrected chi connectivity index (χ3v) is 6.17. The lowest BCUT2D eigenvalue weighted by molar-refractivity contribution is 0.396. The zero-order valence-electron chi connectivity index (χ0n) is 24.0. The second-order valence-electron chi connectivity index (χ2n) is 8.56. The van der Waals surface area contributed by atoms with E-state index >= 15 is 0 Å². The Morgan fingerprint density at radius 1 is 1.11 bits per heavy atom. The second kappa shape index (κ2) is 21.1. The van der Waals surface area contributed by atoms with Crippen LogP contribution < -0.4 is 10.5 Å². The summed E-state index contributed by atoms with van der Waals surface area (Å²) in [5.41, 5.74) is 6.09. The van der Waals surface area contributed by atoms with Crippen LogP contribution in [0.25, 0.3) is 6.08 Å². The predicted molar refractivity (Wildman–Crippen MR) is 175 cm³/mol. The van der Waals surface area contributed by atoms with E-state index in [0.29, 0.717) is 18.1 Å². The number of hydrogen-bond acceptors (Lipinski definition) is 3. The molecule has 1 saturated carbocycles. The molecule has 1 atom stereocenters. The van der Waals surface area contributed by atoms with Gasteiger partial charge in [0.15, 0.2) is 0 Å². The van der Waals surface area contributed by atoms with Gasteiger partial charge < -0.3 is 9.22 Å². The fourth-order valence-corrected chi connectivity index (χ4v) is 4.09. The Hall–Kier alpha value is -1.84. The molecule has 1 aromatic heterocycles. The first-order chi connectivity index (χ1) is 18.0. The van der Waals surface area contributed by atoms with Crippen molar-refractivity contribution < 1.29 is 4.32 Å². The van der Waals surface area contributed by atoms with Crippen molar-refractivity contribution in [2.75, 3.05) is 4.90 Å². The summed E-state index contributed by atoms with van der Waals surface area (Å²) in [7, 11) is 2.11. The van der Waals surface area contributed by atoms with Crippen LogP contribution in [0.15, 0.2) is 73.1 Å². The smallest absolute Gasteiger partial charge is 0.341 e. The Kier molecular flexibility index (Phi) is 20.1. The van der Waals surface area contributed by atoms with Crippen LogP contribution in [0.4, 0.5) is 10.0 Å². The minimum Gasteiger partial charge on any atom is -0.341 e. The summed E-state index contributed by atoms with van der Waals surface area (Å²) in [4.78, 5) is 6.64. The van der Waals surface area contributed by atoms with E-state index in [1.807, 2.05) is 33.8 Å². The Bertz CT molecular complexity index is 925. The fraction of sp³-hybridized carbons (Fsp3) is 0.452. The first-order valence-electron chi connectivity index (χ1n) is 13.7. The molecule has 1 unspecified atom stereocenters. The number of thiol groups is 1. The summed E-state index contributed by atoms with van der Waals surface area (Å²) in [6, 6.07) is 12.3. The van der Waals surface area contributed by atoms with Gasteiger partial charge >= 0.3 is 6.99 Å². The van der Waals surface area contributed by atoms with E-state index in [9.17, 15) is 4.32 Å². The molecule has 0 saturated heterocycles. The van der Waals surface area contributed by atoms with Crippen LogP contribution in [0.3, 0.4) is 0 Å². The normalized spacial score (nSPS) is 12.7. The van der Waals surface area contributed by atoms with Crippen LogP contribution in [0.1, 0.15) is 84.3 Å². The molecule has 0 N–H and O–H groups in total. The zero-order valence-corrected chi connectivity index (χ0v) is 26.1. The minimum absolute atomic E-state index is 0.477. The largest absolute Gasteiger partial charge is 0.396 e. The molecule has 1 aromatic carbocycles. The Morgan fingerprint density at radius 2 is 1.76 bits per heavy atom. The third kappa shape index (κ3) is 12.5. The van der Waals surface area contributed by atoms with Gasteiger partial charge in [-0.3, -0.25) is 4.98 Å². The third-order valence-electron chi connectivity index (χ3n) is 6.17. The summed E-state index contributed by atoms with van der Waals surface area (Å²) in [6.45, 7) is 19.9. The highest BCUT2D eigenvalue weighted by molar-refractivity contribution is 8.31. The van der Waals surface area contributed by atoms with Gasteiger partial charge in [-0.05, 0) is 61.3 Å². The van der Waals surface area contributed by atoms with Crippen LogP contribution in [0.5, 0.6) is 0 Å². The van der Waals surface area contributed by atoms with Gasteiger partial charge in [-0.15, -0.1) is 0 Å². The number of rotatable bonds is 9. The van der Waals surface area contributed by atoms with Gasteiger partial charge in [0, 0.05) is 29.7 Å². The molecule has 0 amide bonds. The SMILES string of the molecule is C=C(/C=C/c1cccc(N(Cc2ccc(B(C)F)nc2)C(=C)C2CCCCC2)c1)CC.CC.CC.PS. The van der Waals surface area contributed by atoms with Crippen molar-refractivity contribution >= 4 is 45.0 Å².